The van der Waals surface area contributed by atoms with Crippen molar-refractivity contribution in [1.82, 2.24) is 0 Å². The summed E-state index contributed by atoms with van der Waals surface area (Å²) in [7, 11) is -4.42. The molecule has 0 radical (unpaired) electrons. The Bertz CT molecular complexity index is 203. The predicted octanol–water partition coefficient (Wildman–Crippen LogP) is 2.82. The Morgan fingerprint density at radius 3 is 2.25 bits per heavy atom. The lowest BCUT2D eigenvalue weighted by molar-refractivity contribution is -0.0802. The van der Waals surface area contributed by atoms with Gasteiger partial charge in [-0.3, -0.25) is 4.52 Å². The molecule has 98 valence electrons. The molecule has 0 aliphatic heterocycles. The zero-order chi connectivity index (χ0) is 12.4. The molecule has 0 saturated heterocycles. The topological polar surface area (TPSA) is 76.0 Å². The second-order valence-electron chi connectivity index (χ2n) is 3.80. The zero-order valence-corrected chi connectivity index (χ0v) is 11.0. The largest absolute Gasteiger partial charge is 0.471 e. The molecular weight excluding hydrogens is 231 g/mol. The van der Waals surface area contributed by atoms with Gasteiger partial charge in [-0.25, -0.2) is 4.57 Å². The van der Waals surface area contributed by atoms with E-state index in [0.717, 1.165) is 12.8 Å². The van der Waals surface area contributed by atoms with E-state index in [0.29, 0.717) is 6.61 Å². The number of rotatable bonds is 10. The third kappa shape index (κ3) is 12.1. The van der Waals surface area contributed by atoms with E-state index in [1.165, 1.54) is 32.6 Å². The van der Waals surface area contributed by atoms with Crippen molar-refractivity contribution in [1.29, 1.82) is 0 Å². The molecule has 0 aromatic heterocycles. The minimum absolute atomic E-state index is 0.479. The minimum atomic E-state index is -4.42. The number of hydrogen-bond acceptors (Lipinski definition) is 3. The Morgan fingerprint density at radius 1 is 1.12 bits per heavy atom. The van der Waals surface area contributed by atoms with E-state index < -0.39 is 14.1 Å². The van der Waals surface area contributed by atoms with Crippen molar-refractivity contribution < 1.29 is 23.6 Å². The van der Waals surface area contributed by atoms with Gasteiger partial charge >= 0.3 is 7.82 Å². The van der Waals surface area contributed by atoms with Crippen LogP contribution in [0.4, 0.5) is 0 Å². The van der Waals surface area contributed by atoms with E-state index >= 15 is 0 Å². The van der Waals surface area contributed by atoms with Crippen LogP contribution in [0.3, 0.4) is 0 Å². The second-order valence-corrected chi connectivity index (χ2v) is 4.99. The highest BCUT2D eigenvalue weighted by Crippen LogP contribution is 2.37. The summed E-state index contributed by atoms with van der Waals surface area (Å²) in [6, 6.07) is 0. The Labute approximate surface area is 97.4 Å². The van der Waals surface area contributed by atoms with Crippen molar-refractivity contribution in [2.75, 3.05) is 6.61 Å². The highest BCUT2D eigenvalue weighted by atomic mass is 31.2. The summed E-state index contributed by atoms with van der Waals surface area (Å²) < 4.78 is 19.9. The lowest BCUT2D eigenvalue weighted by atomic mass is 10.1. The maximum Gasteiger partial charge on any atom is 0.471 e. The highest BCUT2D eigenvalue weighted by molar-refractivity contribution is 7.46. The van der Waals surface area contributed by atoms with Crippen molar-refractivity contribution in [2.45, 2.75) is 58.7 Å². The normalized spacial score (nSPS) is 14.0. The van der Waals surface area contributed by atoms with Crippen LogP contribution in [0.15, 0.2) is 0 Å². The fourth-order valence-electron chi connectivity index (χ4n) is 1.36. The second kappa shape index (κ2) is 9.14. The molecule has 2 N–H and O–H groups in total. The zero-order valence-electron chi connectivity index (χ0n) is 10.1. The fourth-order valence-corrected chi connectivity index (χ4v) is 1.80. The molecule has 1 unspecified atom stereocenters. The summed E-state index contributed by atoms with van der Waals surface area (Å²) in [5, 5.41) is 0. The molecule has 0 fully saturated rings. The van der Waals surface area contributed by atoms with E-state index in [-0.39, 0.29) is 0 Å². The van der Waals surface area contributed by atoms with Crippen LogP contribution >= 0.6 is 7.82 Å². The number of hydrogen-bond donors (Lipinski definition) is 2. The van der Waals surface area contributed by atoms with Gasteiger partial charge in [0.25, 0.3) is 0 Å². The van der Waals surface area contributed by atoms with Crippen LogP contribution in [0.5, 0.6) is 0 Å². The quantitative estimate of drug-likeness (QED) is 0.356. The molecule has 0 amide bonds. The summed E-state index contributed by atoms with van der Waals surface area (Å²) in [5.41, 5.74) is 0. The monoisotopic (exact) mass is 254 g/mol. The molecule has 0 bridgehead atoms. The van der Waals surface area contributed by atoms with Crippen molar-refractivity contribution in [2.24, 2.45) is 0 Å². The maximum absolute atomic E-state index is 10.4. The SMILES string of the molecule is CCCCCCCCOC(C)OP(=O)(O)O. The Hall–Kier alpha value is 0.0700. The fraction of sp³-hybridized carbons (Fsp3) is 1.00. The van der Waals surface area contributed by atoms with E-state index in [9.17, 15) is 4.57 Å². The van der Waals surface area contributed by atoms with Crippen LogP contribution in [0.1, 0.15) is 52.4 Å². The highest BCUT2D eigenvalue weighted by Gasteiger charge is 2.18. The molecule has 16 heavy (non-hydrogen) atoms. The molecule has 5 nitrogen and oxygen atoms in total. The third-order valence-electron chi connectivity index (χ3n) is 2.14. The average Bonchev–Trinajstić information content (AvgIpc) is 2.13. The number of phosphoric ester groups is 1. The first-order chi connectivity index (χ1) is 7.45. The minimum Gasteiger partial charge on any atom is -0.352 e. The number of phosphoric acid groups is 1. The summed E-state index contributed by atoms with van der Waals surface area (Å²) >= 11 is 0. The number of unbranched alkanes of at least 4 members (excludes halogenated alkanes) is 5. The lowest BCUT2D eigenvalue weighted by Gasteiger charge is -2.14. The van der Waals surface area contributed by atoms with Crippen molar-refractivity contribution >= 4 is 7.82 Å². The first kappa shape index (κ1) is 16.1. The third-order valence-corrected chi connectivity index (χ3v) is 2.71. The van der Waals surface area contributed by atoms with Gasteiger partial charge in [0.1, 0.15) is 0 Å². The van der Waals surface area contributed by atoms with Crippen LogP contribution in [0.2, 0.25) is 0 Å². The number of ether oxygens (including phenoxy) is 1. The van der Waals surface area contributed by atoms with Crippen LogP contribution in [0, 0.1) is 0 Å². The van der Waals surface area contributed by atoms with Crippen molar-refractivity contribution in [3.05, 3.63) is 0 Å². The molecule has 0 aromatic rings. The summed E-state index contributed by atoms with van der Waals surface area (Å²) in [5.74, 6) is 0. The lowest BCUT2D eigenvalue weighted by Crippen LogP contribution is -2.12. The molecule has 0 saturated carbocycles. The summed E-state index contributed by atoms with van der Waals surface area (Å²) in [4.78, 5) is 17.0. The molecule has 0 spiro atoms. The molecular formula is C10H23O5P. The van der Waals surface area contributed by atoms with Crippen LogP contribution in [0.25, 0.3) is 0 Å². The van der Waals surface area contributed by atoms with Gasteiger partial charge in [0, 0.05) is 6.61 Å². The van der Waals surface area contributed by atoms with Gasteiger partial charge < -0.3 is 14.5 Å². The molecule has 0 aliphatic rings. The Kier molecular flexibility index (Phi) is 9.18. The van der Waals surface area contributed by atoms with E-state index in [1.807, 2.05) is 0 Å². The average molecular weight is 254 g/mol. The molecule has 1 atom stereocenters. The van der Waals surface area contributed by atoms with Crippen LogP contribution < -0.4 is 0 Å². The molecule has 0 aliphatic carbocycles. The van der Waals surface area contributed by atoms with Gasteiger partial charge in [-0.1, -0.05) is 39.0 Å². The Balaban J connectivity index is 3.28. The molecule has 0 rings (SSSR count). The maximum atomic E-state index is 10.4. The van der Waals surface area contributed by atoms with E-state index in [2.05, 4.69) is 11.4 Å². The standard InChI is InChI=1S/C10H23O5P/c1-3-4-5-6-7-8-9-14-10(2)15-16(11,12)13/h10H,3-9H2,1-2H3,(H2,11,12,13). The van der Waals surface area contributed by atoms with E-state index in [1.54, 1.807) is 0 Å². The van der Waals surface area contributed by atoms with Gasteiger partial charge in [0.15, 0.2) is 6.29 Å². The molecule has 0 aromatic carbocycles. The van der Waals surface area contributed by atoms with Gasteiger partial charge in [-0.2, -0.15) is 0 Å². The predicted molar refractivity (Wildman–Crippen MR) is 61.9 cm³/mol. The van der Waals surface area contributed by atoms with Crippen LogP contribution in [-0.2, 0) is 13.8 Å². The molecule has 6 heteroatoms. The molecule has 0 heterocycles. The first-order valence-corrected chi connectivity index (χ1v) is 7.34. The first-order valence-electron chi connectivity index (χ1n) is 5.81. The Morgan fingerprint density at radius 2 is 1.69 bits per heavy atom. The summed E-state index contributed by atoms with van der Waals surface area (Å²) in [6.45, 7) is 4.13. The van der Waals surface area contributed by atoms with Crippen molar-refractivity contribution in [3.63, 3.8) is 0 Å². The van der Waals surface area contributed by atoms with E-state index in [4.69, 9.17) is 14.5 Å². The summed E-state index contributed by atoms with van der Waals surface area (Å²) in [6.07, 6.45) is 6.05. The van der Waals surface area contributed by atoms with Gasteiger partial charge in [-0.05, 0) is 13.3 Å². The van der Waals surface area contributed by atoms with Gasteiger partial charge in [0.05, 0.1) is 0 Å². The smallest absolute Gasteiger partial charge is 0.352 e. The van der Waals surface area contributed by atoms with Gasteiger partial charge in [0.2, 0.25) is 0 Å². The van der Waals surface area contributed by atoms with Gasteiger partial charge in [-0.15, -0.1) is 0 Å². The van der Waals surface area contributed by atoms with Crippen LogP contribution in [-0.4, -0.2) is 22.7 Å². The van der Waals surface area contributed by atoms with Crippen molar-refractivity contribution in [3.8, 4) is 0 Å².